The second-order valence-electron chi connectivity index (χ2n) is 1.31. The molecule has 0 spiro atoms. The molecule has 0 bridgehead atoms. The van der Waals surface area contributed by atoms with Crippen LogP contribution in [0.5, 0.6) is 0 Å². The summed E-state index contributed by atoms with van der Waals surface area (Å²) in [5, 5.41) is 0. The Labute approximate surface area is 64.3 Å². The van der Waals surface area contributed by atoms with E-state index in [1.165, 1.54) is 12.8 Å². The van der Waals surface area contributed by atoms with Crippen LogP contribution in [0.2, 0.25) is 0 Å². The molecule has 1 radical (unpaired) electrons. The van der Waals surface area contributed by atoms with Gasteiger partial charge in [0.15, 0.2) is 0 Å². The summed E-state index contributed by atoms with van der Waals surface area (Å²) >= 11 is -0.990. The SMILES string of the molecule is CCCC[O][SnH][Cl].O. The predicted octanol–water partition coefficient (Wildman–Crippen LogP) is 0.484. The van der Waals surface area contributed by atoms with Gasteiger partial charge in [-0.3, -0.25) is 0 Å². The van der Waals surface area contributed by atoms with E-state index in [1.807, 2.05) is 0 Å². The molecule has 0 aliphatic carbocycles. The molecule has 0 saturated carbocycles. The minimum Gasteiger partial charge on any atom is -0.412 e. The Kier molecular flexibility index (Phi) is 16.0. The van der Waals surface area contributed by atoms with Crippen LogP contribution in [-0.4, -0.2) is 32.5 Å². The van der Waals surface area contributed by atoms with Crippen molar-refractivity contribution in [2.45, 2.75) is 19.8 Å². The first-order valence-corrected chi connectivity index (χ1v) is 7.97. The average molecular weight is 246 g/mol. The number of rotatable bonds is 4. The van der Waals surface area contributed by atoms with Crippen molar-refractivity contribution in [1.82, 2.24) is 0 Å². The fraction of sp³-hybridized carbons (Fsp3) is 1.00. The van der Waals surface area contributed by atoms with Crippen LogP contribution in [0.25, 0.3) is 0 Å². The van der Waals surface area contributed by atoms with E-state index in [0.29, 0.717) is 0 Å². The van der Waals surface area contributed by atoms with Crippen LogP contribution in [-0.2, 0) is 3.07 Å². The maximum absolute atomic E-state index is 5.41. The molecule has 0 aliphatic heterocycles. The second-order valence-corrected chi connectivity index (χ2v) is 3.97. The smallest absolute Gasteiger partial charge is 0.412 e. The normalized spacial score (nSPS) is 8.25. The van der Waals surface area contributed by atoms with Crippen molar-refractivity contribution in [3.63, 3.8) is 0 Å². The molecule has 0 aromatic carbocycles. The quantitative estimate of drug-likeness (QED) is 0.525. The molecule has 0 aromatic heterocycles. The Morgan fingerprint density at radius 3 is 2.62 bits per heavy atom. The zero-order valence-corrected chi connectivity index (χ0v) is 9.04. The van der Waals surface area contributed by atoms with Gasteiger partial charge >= 0.3 is 58.8 Å². The Balaban J connectivity index is 0. The molecule has 0 aliphatic rings. The van der Waals surface area contributed by atoms with Gasteiger partial charge in [-0.15, -0.1) is 0 Å². The van der Waals surface area contributed by atoms with E-state index >= 15 is 0 Å². The maximum Gasteiger partial charge on any atom is -0.412 e. The van der Waals surface area contributed by atoms with Crippen molar-refractivity contribution in [2.24, 2.45) is 0 Å². The first-order chi connectivity index (χ1) is 3.41. The maximum atomic E-state index is 5.41. The van der Waals surface area contributed by atoms with E-state index < -0.39 is 20.4 Å². The monoisotopic (exact) mass is 247 g/mol. The third kappa shape index (κ3) is 10.1. The van der Waals surface area contributed by atoms with Gasteiger partial charge in [0, 0.05) is 0 Å². The van der Waals surface area contributed by atoms with Crippen LogP contribution in [0, 0.1) is 0 Å². The van der Waals surface area contributed by atoms with Gasteiger partial charge in [-0.25, -0.2) is 0 Å². The van der Waals surface area contributed by atoms with E-state index in [9.17, 15) is 0 Å². The van der Waals surface area contributed by atoms with Crippen LogP contribution in [0.4, 0.5) is 0 Å². The average Bonchev–Trinajstić information content (AvgIpc) is 1.69. The van der Waals surface area contributed by atoms with Gasteiger partial charge in [0.25, 0.3) is 0 Å². The van der Waals surface area contributed by atoms with Crippen molar-refractivity contribution < 1.29 is 8.55 Å². The summed E-state index contributed by atoms with van der Waals surface area (Å²) in [5.41, 5.74) is 0. The van der Waals surface area contributed by atoms with Crippen molar-refractivity contribution in [3.8, 4) is 0 Å². The topological polar surface area (TPSA) is 40.7 Å². The summed E-state index contributed by atoms with van der Waals surface area (Å²) in [6.45, 7) is 3.03. The van der Waals surface area contributed by atoms with Gasteiger partial charge in [0.1, 0.15) is 0 Å². The molecule has 0 saturated heterocycles. The predicted molar refractivity (Wildman–Crippen MR) is 37.5 cm³/mol. The molecule has 2 N–H and O–H groups in total. The summed E-state index contributed by atoms with van der Waals surface area (Å²) in [4.78, 5) is 0. The van der Waals surface area contributed by atoms with Crippen LogP contribution >= 0.6 is 8.92 Å². The van der Waals surface area contributed by atoms with Gasteiger partial charge in [-0.2, -0.15) is 0 Å². The first-order valence-electron chi connectivity index (χ1n) is 2.45. The van der Waals surface area contributed by atoms with Crippen LogP contribution < -0.4 is 0 Å². The van der Waals surface area contributed by atoms with Crippen LogP contribution in [0.1, 0.15) is 19.8 Å². The molecule has 0 amide bonds. The third-order valence-electron chi connectivity index (χ3n) is 0.679. The van der Waals surface area contributed by atoms with E-state index in [1.54, 1.807) is 0 Å². The number of hydrogen-bond donors (Lipinski definition) is 0. The Morgan fingerprint density at radius 2 is 2.25 bits per heavy atom. The van der Waals surface area contributed by atoms with E-state index in [0.717, 1.165) is 6.61 Å². The molecule has 0 rings (SSSR count). The summed E-state index contributed by atoms with van der Waals surface area (Å²) in [7, 11) is 5.41. The minimum atomic E-state index is -0.990. The van der Waals surface area contributed by atoms with Gasteiger partial charge in [0.05, 0.1) is 0 Å². The molecule has 0 unspecified atom stereocenters. The third-order valence-corrected chi connectivity index (χ3v) is 2.56. The molecular formula is C4H12ClO2Sn. The zero-order chi connectivity index (χ0) is 5.54. The summed E-state index contributed by atoms with van der Waals surface area (Å²) in [6, 6.07) is 0. The number of hydrogen-bond acceptors (Lipinski definition) is 1. The van der Waals surface area contributed by atoms with Gasteiger partial charge < -0.3 is 5.48 Å². The van der Waals surface area contributed by atoms with Crippen LogP contribution in [0.15, 0.2) is 0 Å². The minimum absolute atomic E-state index is 0. The Morgan fingerprint density at radius 1 is 1.62 bits per heavy atom. The fourth-order valence-electron chi connectivity index (χ4n) is 0.272. The number of halogens is 1. The Hall–Kier alpha value is 1.01. The molecular weight excluding hydrogens is 234 g/mol. The summed E-state index contributed by atoms with van der Waals surface area (Å²) in [5.74, 6) is 0. The van der Waals surface area contributed by atoms with E-state index in [2.05, 4.69) is 6.92 Å². The standard InChI is InChI=1S/C4H9O.ClH.H2O.Sn.H/c1-2-3-4-5;;;;/h2-4H2,1H3;1H;1H2;;/q-1;;;+2;/p-1. The van der Waals surface area contributed by atoms with Crippen molar-refractivity contribution in [3.05, 3.63) is 0 Å². The summed E-state index contributed by atoms with van der Waals surface area (Å²) in [6.07, 6.45) is 2.37. The molecule has 0 atom stereocenters. The second kappa shape index (κ2) is 10.9. The van der Waals surface area contributed by atoms with Gasteiger partial charge in [-0.05, 0) is 0 Å². The fourth-order valence-corrected chi connectivity index (χ4v) is 1.60. The Bertz CT molecular complexity index is 33.2. The zero-order valence-electron chi connectivity index (χ0n) is 4.98. The molecule has 0 heterocycles. The van der Waals surface area contributed by atoms with Crippen molar-refractivity contribution in [2.75, 3.05) is 6.61 Å². The van der Waals surface area contributed by atoms with Crippen molar-refractivity contribution in [1.29, 1.82) is 0 Å². The molecule has 0 aromatic rings. The largest absolute Gasteiger partial charge is 0.412 e. The molecule has 0 fully saturated rings. The van der Waals surface area contributed by atoms with Crippen LogP contribution in [0.3, 0.4) is 0 Å². The van der Waals surface area contributed by atoms with Gasteiger partial charge in [-0.1, -0.05) is 0 Å². The molecule has 4 heteroatoms. The van der Waals surface area contributed by atoms with E-state index in [-0.39, 0.29) is 5.48 Å². The molecule has 2 nitrogen and oxygen atoms in total. The summed E-state index contributed by atoms with van der Waals surface area (Å²) < 4.78 is 5.03. The van der Waals surface area contributed by atoms with Gasteiger partial charge in [0.2, 0.25) is 0 Å². The van der Waals surface area contributed by atoms with E-state index in [4.69, 9.17) is 12.0 Å². The number of unbranched alkanes of at least 4 members (excludes halogenated alkanes) is 1. The molecule has 8 heavy (non-hydrogen) atoms. The van der Waals surface area contributed by atoms with Crippen molar-refractivity contribution >= 4 is 29.4 Å². The first kappa shape index (κ1) is 11.8. The molecule has 51 valence electrons.